The van der Waals surface area contributed by atoms with Crippen molar-refractivity contribution in [2.24, 2.45) is 0 Å². The van der Waals surface area contributed by atoms with Crippen LogP contribution in [0, 0.1) is 5.82 Å². The average molecular weight is 695 g/mol. The number of aromatic nitrogens is 2. The number of fused-ring (bicyclic) bond motifs is 4. The molecule has 254 valence electrons. The Balaban J connectivity index is 0.955. The molecule has 2 heterocycles. The smallest absolute Gasteiger partial charge is 0.160 e. The van der Waals surface area contributed by atoms with Crippen molar-refractivity contribution >= 4 is 32.7 Å². The van der Waals surface area contributed by atoms with Gasteiger partial charge in [0.1, 0.15) is 17.0 Å². The number of rotatable bonds is 6. The van der Waals surface area contributed by atoms with Crippen molar-refractivity contribution in [3.05, 3.63) is 194 Å². The molecule has 0 spiro atoms. The second-order valence-corrected chi connectivity index (χ2v) is 13.5. The highest BCUT2D eigenvalue weighted by atomic mass is 19.1. The van der Waals surface area contributed by atoms with Gasteiger partial charge in [-0.15, -0.1) is 0 Å². The first-order valence-corrected chi connectivity index (χ1v) is 18.0. The summed E-state index contributed by atoms with van der Waals surface area (Å²) in [5.74, 6) is 0.387. The van der Waals surface area contributed by atoms with Gasteiger partial charge in [-0.2, -0.15) is 0 Å². The van der Waals surface area contributed by atoms with Crippen LogP contribution in [0.2, 0.25) is 0 Å². The number of halogens is 1. The lowest BCUT2D eigenvalue weighted by Gasteiger charge is -2.11. The standard InChI is InChI=1S/C50H31FN2O/c51-41-26-27-44-45-29-40(25-28-48(45)54-49(44)30-41)34-15-13-32(14-16-34)33-17-21-37(22-18-33)46-31-47(53-50(52-46)39-8-2-1-3-9-39)38-23-19-36(20-24-38)43-12-6-10-35-7-4-5-11-42(35)43/h1-31H. The fourth-order valence-electron chi connectivity index (χ4n) is 7.38. The third kappa shape index (κ3) is 5.80. The molecule has 0 radical (unpaired) electrons. The van der Waals surface area contributed by atoms with Crippen molar-refractivity contribution in [2.75, 3.05) is 0 Å². The molecule has 4 heteroatoms. The van der Waals surface area contributed by atoms with Gasteiger partial charge in [-0.1, -0.05) is 152 Å². The van der Waals surface area contributed by atoms with E-state index in [0.29, 0.717) is 11.4 Å². The minimum Gasteiger partial charge on any atom is -0.456 e. The first-order chi connectivity index (χ1) is 26.6. The van der Waals surface area contributed by atoms with Gasteiger partial charge in [-0.05, 0) is 74.5 Å². The Morgan fingerprint density at radius 2 is 0.926 bits per heavy atom. The summed E-state index contributed by atoms with van der Waals surface area (Å²) in [4.78, 5) is 10.1. The van der Waals surface area contributed by atoms with Crippen LogP contribution < -0.4 is 0 Å². The lowest BCUT2D eigenvalue weighted by Crippen LogP contribution is -1.96. The number of benzene rings is 8. The third-order valence-electron chi connectivity index (χ3n) is 10.2. The SMILES string of the molecule is Fc1ccc2c(c1)oc1ccc(-c3ccc(-c4ccc(-c5cc(-c6ccc(-c7cccc8ccccc78)cc6)nc(-c6ccccc6)n5)cc4)cc3)cc12. The molecule has 0 N–H and O–H groups in total. The molecule has 2 aromatic heterocycles. The predicted molar refractivity (Wildman–Crippen MR) is 219 cm³/mol. The van der Waals surface area contributed by atoms with Crippen LogP contribution in [0.1, 0.15) is 0 Å². The number of hydrogen-bond acceptors (Lipinski definition) is 3. The van der Waals surface area contributed by atoms with E-state index < -0.39 is 0 Å². The van der Waals surface area contributed by atoms with Gasteiger partial charge in [-0.3, -0.25) is 0 Å². The van der Waals surface area contributed by atoms with Crippen LogP contribution in [-0.4, -0.2) is 9.97 Å². The number of furan rings is 1. The van der Waals surface area contributed by atoms with E-state index in [1.807, 2.05) is 30.3 Å². The van der Waals surface area contributed by atoms with Gasteiger partial charge >= 0.3 is 0 Å². The molecule has 0 amide bonds. The number of nitrogens with zero attached hydrogens (tertiary/aromatic N) is 2. The van der Waals surface area contributed by atoms with Crippen LogP contribution in [0.4, 0.5) is 4.39 Å². The Kier molecular flexibility index (Phi) is 7.66. The van der Waals surface area contributed by atoms with Crippen LogP contribution in [-0.2, 0) is 0 Å². The minimum absolute atomic E-state index is 0.303. The van der Waals surface area contributed by atoms with Crippen LogP contribution in [0.5, 0.6) is 0 Å². The predicted octanol–water partition coefficient (Wildman–Crippen LogP) is 13.7. The normalized spacial score (nSPS) is 11.4. The van der Waals surface area contributed by atoms with Crippen molar-refractivity contribution in [1.29, 1.82) is 0 Å². The highest BCUT2D eigenvalue weighted by Gasteiger charge is 2.13. The summed E-state index contributed by atoms with van der Waals surface area (Å²) in [6.45, 7) is 0. The summed E-state index contributed by atoms with van der Waals surface area (Å²) in [5, 5.41) is 4.35. The van der Waals surface area contributed by atoms with Gasteiger partial charge in [-0.25, -0.2) is 14.4 Å². The molecule has 0 unspecified atom stereocenters. The van der Waals surface area contributed by atoms with Crippen molar-refractivity contribution in [1.82, 2.24) is 9.97 Å². The van der Waals surface area contributed by atoms with Crippen LogP contribution in [0.15, 0.2) is 192 Å². The lowest BCUT2D eigenvalue weighted by molar-refractivity contribution is 0.618. The molecular weight excluding hydrogens is 664 g/mol. The van der Waals surface area contributed by atoms with Crippen LogP contribution in [0.3, 0.4) is 0 Å². The molecule has 8 aromatic carbocycles. The third-order valence-corrected chi connectivity index (χ3v) is 10.2. The Morgan fingerprint density at radius 1 is 0.352 bits per heavy atom. The summed E-state index contributed by atoms with van der Waals surface area (Å²) in [7, 11) is 0. The van der Waals surface area contributed by atoms with E-state index in [1.165, 1.54) is 34.0 Å². The average Bonchev–Trinajstić information content (AvgIpc) is 3.60. The maximum absolute atomic E-state index is 13.8. The molecule has 54 heavy (non-hydrogen) atoms. The van der Waals surface area contributed by atoms with Gasteiger partial charge in [0.2, 0.25) is 0 Å². The van der Waals surface area contributed by atoms with Crippen LogP contribution >= 0.6 is 0 Å². The molecule has 10 aromatic rings. The summed E-state index contributed by atoms with van der Waals surface area (Å²) in [5.41, 5.74) is 12.9. The molecule has 10 rings (SSSR count). The molecule has 3 nitrogen and oxygen atoms in total. The van der Waals surface area contributed by atoms with Gasteiger partial charge in [0, 0.05) is 33.5 Å². The fraction of sp³-hybridized carbons (Fsp3) is 0. The van der Waals surface area contributed by atoms with Crippen molar-refractivity contribution in [3.8, 4) is 67.3 Å². The van der Waals surface area contributed by atoms with Gasteiger partial charge in [0.25, 0.3) is 0 Å². The van der Waals surface area contributed by atoms with Crippen molar-refractivity contribution in [3.63, 3.8) is 0 Å². The van der Waals surface area contributed by atoms with Crippen molar-refractivity contribution < 1.29 is 8.81 Å². The molecule has 0 saturated heterocycles. The highest BCUT2D eigenvalue weighted by Crippen LogP contribution is 2.35. The van der Waals surface area contributed by atoms with E-state index in [1.54, 1.807) is 6.07 Å². The Hall–Kier alpha value is -7.17. The molecular formula is C50H31FN2O. The zero-order chi connectivity index (χ0) is 36.0. The Morgan fingerprint density at radius 3 is 1.63 bits per heavy atom. The van der Waals surface area contributed by atoms with E-state index >= 15 is 0 Å². The monoisotopic (exact) mass is 694 g/mol. The zero-order valence-electron chi connectivity index (χ0n) is 29.1. The molecule has 0 bridgehead atoms. The maximum Gasteiger partial charge on any atom is 0.160 e. The Bertz CT molecular complexity index is 2960. The topological polar surface area (TPSA) is 38.9 Å². The summed E-state index contributed by atoms with van der Waals surface area (Å²) < 4.78 is 19.7. The largest absolute Gasteiger partial charge is 0.456 e. The minimum atomic E-state index is -0.303. The highest BCUT2D eigenvalue weighted by molar-refractivity contribution is 6.06. The first kappa shape index (κ1) is 31.6. The summed E-state index contributed by atoms with van der Waals surface area (Å²) in [6, 6.07) is 63.8. The molecule has 0 aliphatic heterocycles. The summed E-state index contributed by atoms with van der Waals surface area (Å²) in [6.07, 6.45) is 0. The van der Waals surface area contributed by atoms with Gasteiger partial charge < -0.3 is 4.42 Å². The summed E-state index contributed by atoms with van der Waals surface area (Å²) >= 11 is 0. The molecule has 0 saturated carbocycles. The van der Waals surface area contributed by atoms with Crippen molar-refractivity contribution in [2.45, 2.75) is 0 Å². The first-order valence-electron chi connectivity index (χ1n) is 18.0. The van der Waals surface area contributed by atoms with E-state index in [0.717, 1.165) is 66.7 Å². The van der Waals surface area contributed by atoms with E-state index in [9.17, 15) is 4.39 Å². The quantitative estimate of drug-likeness (QED) is 0.174. The second kappa shape index (κ2) is 13.1. The molecule has 0 fully saturated rings. The van der Waals surface area contributed by atoms with E-state index in [4.69, 9.17) is 14.4 Å². The second-order valence-electron chi connectivity index (χ2n) is 13.5. The lowest BCUT2D eigenvalue weighted by atomic mass is 9.96. The Labute approximate surface area is 311 Å². The molecule has 0 aliphatic carbocycles. The van der Waals surface area contributed by atoms with Gasteiger partial charge in [0.05, 0.1) is 11.4 Å². The van der Waals surface area contributed by atoms with E-state index in [-0.39, 0.29) is 5.82 Å². The molecule has 0 atom stereocenters. The van der Waals surface area contributed by atoms with E-state index in [2.05, 4.69) is 140 Å². The maximum atomic E-state index is 13.8. The van der Waals surface area contributed by atoms with Crippen LogP contribution in [0.25, 0.3) is 100.0 Å². The zero-order valence-corrected chi connectivity index (χ0v) is 29.1. The number of hydrogen-bond donors (Lipinski definition) is 0. The molecule has 0 aliphatic rings. The fourth-order valence-corrected chi connectivity index (χ4v) is 7.38. The van der Waals surface area contributed by atoms with Gasteiger partial charge in [0.15, 0.2) is 5.82 Å².